The molecule has 0 aliphatic heterocycles. The normalized spacial score (nSPS) is 11.9. The van der Waals surface area contributed by atoms with E-state index in [1.54, 1.807) is 7.11 Å². The molecule has 134 valence electrons. The lowest BCUT2D eigenvalue weighted by molar-refractivity contribution is -0.141. The first kappa shape index (κ1) is 20.1. The third-order valence-corrected chi connectivity index (χ3v) is 3.66. The number of methoxy groups -OCH3 is 1. The number of hydrogen-bond donors (Lipinski definition) is 3. The van der Waals surface area contributed by atoms with Crippen LogP contribution in [0.4, 0.5) is 5.69 Å². The van der Waals surface area contributed by atoms with Gasteiger partial charge in [0.05, 0.1) is 6.42 Å². The van der Waals surface area contributed by atoms with E-state index in [1.165, 1.54) is 5.56 Å². The summed E-state index contributed by atoms with van der Waals surface area (Å²) in [4.78, 5) is 23.3. The van der Waals surface area contributed by atoms with Crippen molar-refractivity contribution in [2.24, 2.45) is 0 Å². The molecule has 1 unspecified atom stereocenters. The Balaban J connectivity index is 2.45. The maximum atomic E-state index is 12.0. The van der Waals surface area contributed by atoms with Gasteiger partial charge in [0.2, 0.25) is 5.91 Å². The Hall–Kier alpha value is -1.92. The van der Waals surface area contributed by atoms with Crippen LogP contribution in [-0.2, 0) is 20.7 Å². The Bertz CT molecular complexity index is 502. The van der Waals surface area contributed by atoms with Crippen molar-refractivity contribution in [3.8, 4) is 0 Å². The standard InChI is InChI=1S/C18H28N2O4/c1-3-4-6-14-7-9-15(10-8-14)20-17(21)13-16(18(22)23)19-11-5-12-24-2/h7-10,16,19H,3-6,11-13H2,1-2H3,(H,20,21)(H,22,23). The zero-order chi connectivity index (χ0) is 17.8. The molecule has 1 rings (SSSR count). The van der Waals surface area contributed by atoms with E-state index < -0.39 is 12.0 Å². The van der Waals surface area contributed by atoms with E-state index in [0.29, 0.717) is 25.3 Å². The zero-order valence-electron chi connectivity index (χ0n) is 14.5. The molecule has 0 saturated heterocycles. The van der Waals surface area contributed by atoms with Gasteiger partial charge in [0.1, 0.15) is 6.04 Å². The van der Waals surface area contributed by atoms with Crippen LogP contribution >= 0.6 is 0 Å². The number of benzene rings is 1. The summed E-state index contributed by atoms with van der Waals surface area (Å²) in [7, 11) is 1.59. The van der Waals surface area contributed by atoms with Crippen molar-refractivity contribution in [3.63, 3.8) is 0 Å². The van der Waals surface area contributed by atoms with Crippen LogP contribution in [-0.4, -0.2) is 43.3 Å². The van der Waals surface area contributed by atoms with Crippen molar-refractivity contribution >= 4 is 17.6 Å². The van der Waals surface area contributed by atoms with Gasteiger partial charge in [-0.05, 0) is 43.5 Å². The maximum absolute atomic E-state index is 12.0. The lowest BCUT2D eigenvalue weighted by Gasteiger charge is -2.14. The second-order valence-corrected chi connectivity index (χ2v) is 5.74. The topological polar surface area (TPSA) is 87.7 Å². The molecule has 0 fully saturated rings. The molecule has 0 heterocycles. The molecule has 0 radical (unpaired) electrons. The van der Waals surface area contributed by atoms with Crippen LogP contribution in [0.2, 0.25) is 0 Å². The first-order valence-corrected chi connectivity index (χ1v) is 8.40. The molecule has 0 saturated carbocycles. The Morgan fingerprint density at radius 2 is 1.92 bits per heavy atom. The van der Waals surface area contributed by atoms with Crippen molar-refractivity contribution in [2.75, 3.05) is 25.6 Å². The number of carbonyl (C=O) groups is 2. The number of hydrogen-bond acceptors (Lipinski definition) is 4. The summed E-state index contributed by atoms with van der Waals surface area (Å²) in [6.45, 7) is 3.19. The highest BCUT2D eigenvalue weighted by Crippen LogP contribution is 2.12. The number of carboxylic acids is 1. The third kappa shape index (κ3) is 8.08. The Kier molecular flexibility index (Phi) is 9.72. The minimum Gasteiger partial charge on any atom is -0.480 e. The molecule has 0 aliphatic carbocycles. The fraction of sp³-hybridized carbons (Fsp3) is 0.556. The Morgan fingerprint density at radius 1 is 1.21 bits per heavy atom. The highest BCUT2D eigenvalue weighted by atomic mass is 16.5. The molecule has 24 heavy (non-hydrogen) atoms. The van der Waals surface area contributed by atoms with Crippen molar-refractivity contribution in [3.05, 3.63) is 29.8 Å². The predicted molar refractivity (Wildman–Crippen MR) is 94.2 cm³/mol. The third-order valence-electron chi connectivity index (χ3n) is 3.66. The highest BCUT2D eigenvalue weighted by Gasteiger charge is 2.20. The summed E-state index contributed by atoms with van der Waals surface area (Å²) in [5, 5.41) is 14.8. The number of carboxylic acid groups (broad SMARTS) is 1. The molecule has 1 aromatic carbocycles. The molecule has 0 aliphatic rings. The summed E-state index contributed by atoms with van der Waals surface area (Å²) in [6.07, 6.45) is 3.89. The van der Waals surface area contributed by atoms with E-state index in [4.69, 9.17) is 4.74 Å². The van der Waals surface area contributed by atoms with Crippen LogP contribution in [0.15, 0.2) is 24.3 Å². The van der Waals surface area contributed by atoms with E-state index in [2.05, 4.69) is 17.6 Å². The summed E-state index contributed by atoms with van der Waals surface area (Å²) in [6, 6.07) is 6.78. The molecule has 1 aromatic rings. The molecule has 0 aromatic heterocycles. The average Bonchev–Trinajstić information content (AvgIpc) is 2.56. The summed E-state index contributed by atoms with van der Waals surface area (Å²) in [5.41, 5.74) is 1.92. The van der Waals surface area contributed by atoms with Gasteiger partial charge in [0.25, 0.3) is 0 Å². The SMILES string of the molecule is CCCCc1ccc(NC(=O)CC(NCCCOC)C(=O)O)cc1. The van der Waals surface area contributed by atoms with Crippen LogP contribution in [0.25, 0.3) is 0 Å². The summed E-state index contributed by atoms with van der Waals surface area (Å²) >= 11 is 0. The minimum absolute atomic E-state index is 0.111. The number of nitrogens with one attached hydrogen (secondary N) is 2. The molecular weight excluding hydrogens is 308 g/mol. The Labute approximate surface area is 143 Å². The van der Waals surface area contributed by atoms with E-state index >= 15 is 0 Å². The second-order valence-electron chi connectivity index (χ2n) is 5.74. The number of rotatable bonds is 12. The van der Waals surface area contributed by atoms with E-state index in [9.17, 15) is 14.7 Å². The quantitative estimate of drug-likeness (QED) is 0.510. The van der Waals surface area contributed by atoms with Crippen molar-refractivity contribution < 1.29 is 19.4 Å². The number of aryl methyl sites for hydroxylation is 1. The average molecular weight is 336 g/mol. The fourth-order valence-electron chi connectivity index (χ4n) is 2.27. The van der Waals surface area contributed by atoms with Gasteiger partial charge in [-0.25, -0.2) is 0 Å². The molecule has 0 bridgehead atoms. The van der Waals surface area contributed by atoms with Gasteiger partial charge in [0, 0.05) is 19.4 Å². The molecule has 1 amide bonds. The monoisotopic (exact) mass is 336 g/mol. The van der Waals surface area contributed by atoms with Crippen LogP contribution in [0.1, 0.15) is 38.2 Å². The molecule has 6 nitrogen and oxygen atoms in total. The first-order chi connectivity index (χ1) is 11.6. The Morgan fingerprint density at radius 3 is 2.50 bits per heavy atom. The van der Waals surface area contributed by atoms with Crippen molar-refractivity contribution in [1.82, 2.24) is 5.32 Å². The largest absolute Gasteiger partial charge is 0.480 e. The number of anilines is 1. The maximum Gasteiger partial charge on any atom is 0.321 e. The number of aliphatic carboxylic acids is 1. The predicted octanol–water partition coefficient (Wildman–Crippen LogP) is 2.44. The fourth-order valence-corrected chi connectivity index (χ4v) is 2.27. The van der Waals surface area contributed by atoms with E-state index in [0.717, 1.165) is 19.3 Å². The van der Waals surface area contributed by atoms with Crippen LogP contribution in [0.5, 0.6) is 0 Å². The number of ether oxygens (including phenoxy) is 1. The number of carbonyl (C=O) groups excluding carboxylic acids is 1. The number of amides is 1. The van der Waals surface area contributed by atoms with Crippen molar-refractivity contribution in [2.45, 2.75) is 45.1 Å². The van der Waals surface area contributed by atoms with Crippen LogP contribution in [0, 0.1) is 0 Å². The smallest absolute Gasteiger partial charge is 0.321 e. The van der Waals surface area contributed by atoms with Gasteiger partial charge in [-0.3, -0.25) is 9.59 Å². The van der Waals surface area contributed by atoms with Crippen LogP contribution < -0.4 is 10.6 Å². The molecule has 0 spiro atoms. The molecule has 1 atom stereocenters. The van der Waals surface area contributed by atoms with Crippen LogP contribution in [0.3, 0.4) is 0 Å². The highest BCUT2D eigenvalue weighted by molar-refractivity contribution is 5.94. The lowest BCUT2D eigenvalue weighted by atomic mass is 10.1. The molecule has 3 N–H and O–H groups in total. The van der Waals surface area contributed by atoms with Gasteiger partial charge >= 0.3 is 5.97 Å². The second kappa shape index (κ2) is 11.6. The van der Waals surface area contributed by atoms with Crippen molar-refractivity contribution in [1.29, 1.82) is 0 Å². The zero-order valence-corrected chi connectivity index (χ0v) is 14.5. The van der Waals surface area contributed by atoms with Gasteiger partial charge in [-0.1, -0.05) is 25.5 Å². The number of unbranched alkanes of at least 4 members (excludes halogenated alkanes) is 1. The van der Waals surface area contributed by atoms with Gasteiger partial charge in [-0.2, -0.15) is 0 Å². The van der Waals surface area contributed by atoms with E-state index in [1.807, 2.05) is 24.3 Å². The molecular formula is C18H28N2O4. The minimum atomic E-state index is -1.03. The van der Waals surface area contributed by atoms with Gasteiger partial charge < -0.3 is 20.5 Å². The first-order valence-electron chi connectivity index (χ1n) is 8.40. The molecule has 6 heteroatoms. The lowest BCUT2D eigenvalue weighted by Crippen LogP contribution is -2.40. The van der Waals surface area contributed by atoms with Gasteiger partial charge in [0.15, 0.2) is 0 Å². The summed E-state index contributed by atoms with van der Waals surface area (Å²) in [5.74, 6) is -1.35. The summed E-state index contributed by atoms with van der Waals surface area (Å²) < 4.78 is 4.91. The van der Waals surface area contributed by atoms with Gasteiger partial charge in [-0.15, -0.1) is 0 Å². The van der Waals surface area contributed by atoms with E-state index in [-0.39, 0.29) is 12.3 Å².